The topological polar surface area (TPSA) is 70.2 Å². The van der Waals surface area contributed by atoms with Crippen molar-refractivity contribution in [3.8, 4) is 0 Å². The second-order valence-corrected chi connectivity index (χ2v) is 12.0. The minimum absolute atomic E-state index is 0.151. The van der Waals surface area contributed by atoms with Gasteiger partial charge in [-0.2, -0.15) is 4.98 Å². The number of piperidine rings is 1. The zero-order valence-electron chi connectivity index (χ0n) is 21.5. The zero-order valence-corrected chi connectivity index (χ0v) is 23.1. The molecule has 3 heterocycles. The van der Waals surface area contributed by atoms with Gasteiger partial charge in [0.1, 0.15) is 5.82 Å². The van der Waals surface area contributed by atoms with Crippen molar-refractivity contribution in [1.29, 1.82) is 0 Å². The number of carbonyl (C=O) groups is 1. The summed E-state index contributed by atoms with van der Waals surface area (Å²) in [6, 6.07) is 8.59. The van der Waals surface area contributed by atoms with Crippen LogP contribution in [-0.4, -0.2) is 46.8 Å². The number of likely N-dealkylation sites (tertiary alicyclic amines) is 1. The van der Waals surface area contributed by atoms with Gasteiger partial charge in [0.15, 0.2) is 5.78 Å². The molecule has 37 heavy (non-hydrogen) atoms. The van der Waals surface area contributed by atoms with Crippen LogP contribution in [0.15, 0.2) is 42.3 Å². The van der Waals surface area contributed by atoms with E-state index in [0.29, 0.717) is 30.2 Å². The number of benzene rings is 1. The summed E-state index contributed by atoms with van der Waals surface area (Å²) in [6.07, 6.45) is 9.70. The molecule has 3 aromatic rings. The molecule has 1 saturated heterocycles. The Morgan fingerprint density at radius 3 is 2.65 bits per heavy atom. The van der Waals surface area contributed by atoms with Gasteiger partial charge in [0.25, 0.3) is 0 Å². The van der Waals surface area contributed by atoms with Crippen LogP contribution in [0.5, 0.6) is 0 Å². The number of halogens is 1. The maximum absolute atomic E-state index is 11.7. The third kappa shape index (κ3) is 6.70. The lowest BCUT2D eigenvalue weighted by Crippen LogP contribution is -2.30. The van der Waals surface area contributed by atoms with Gasteiger partial charge in [-0.05, 0) is 112 Å². The average molecular weight is 538 g/mol. The number of aromatic nitrogens is 2. The normalized spacial score (nSPS) is 21.1. The second-order valence-electron chi connectivity index (χ2n) is 10.6. The van der Waals surface area contributed by atoms with E-state index < -0.39 is 0 Å². The van der Waals surface area contributed by atoms with E-state index in [1.165, 1.54) is 24.5 Å². The summed E-state index contributed by atoms with van der Waals surface area (Å²) >= 11 is 8.36. The van der Waals surface area contributed by atoms with Crippen LogP contribution in [0.4, 0.5) is 17.5 Å². The molecule has 1 saturated carbocycles. The molecule has 0 unspecified atom stereocenters. The lowest BCUT2D eigenvalue weighted by Gasteiger charge is -2.29. The monoisotopic (exact) mass is 537 g/mol. The van der Waals surface area contributed by atoms with Gasteiger partial charge in [-0.15, -0.1) is 11.3 Å². The van der Waals surface area contributed by atoms with E-state index in [2.05, 4.69) is 46.7 Å². The maximum Gasteiger partial charge on any atom is 0.229 e. The highest BCUT2D eigenvalue weighted by molar-refractivity contribution is 7.17. The van der Waals surface area contributed by atoms with Gasteiger partial charge in [0.05, 0.1) is 10.2 Å². The summed E-state index contributed by atoms with van der Waals surface area (Å²) in [7, 11) is 2.19. The van der Waals surface area contributed by atoms with Gasteiger partial charge >= 0.3 is 0 Å². The number of hydrogen-bond acceptors (Lipinski definition) is 7. The average Bonchev–Trinajstić information content (AvgIpc) is 3.37. The van der Waals surface area contributed by atoms with Crippen molar-refractivity contribution in [3.05, 3.63) is 52.9 Å². The first-order valence-corrected chi connectivity index (χ1v) is 14.6. The van der Waals surface area contributed by atoms with Crippen LogP contribution in [0.3, 0.4) is 0 Å². The minimum Gasteiger partial charge on any atom is -0.366 e. The van der Waals surface area contributed by atoms with Crippen LogP contribution in [-0.2, 0) is 11.2 Å². The highest BCUT2D eigenvalue weighted by Crippen LogP contribution is 2.34. The Balaban J connectivity index is 1.25. The fraction of sp³-hybridized carbons (Fsp3) is 0.483. The van der Waals surface area contributed by atoms with E-state index in [1.54, 1.807) is 11.3 Å². The lowest BCUT2D eigenvalue weighted by molar-refractivity contribution is -0.115. The molecule has 1 aliphatic heterocycles. The van der Waals surface area contributed by atoms with E-state index in [1.807, 2.05) is 12.1 Å². The van der Waals surface area contributed by atoms with Gasteiger partial charge in [-0.25, -0.2) is 4.98 Å². The Bertz CT molecular complexity index is 1240. The SMILES string of the molecule is C=CC(=O)CC1CCC(Nc2nc(Nc3ccc(CC4CCN(C)CC4)c(Cl)c3)nc3ccsc23)CC1. The van der Waals surface area contributed by atoms with Crippen LogP contribution < -0.4 is 10.6 Å². The van der Waals surface area contributed by atoms with Crippen LogP contribution in [0.2, 0.25) is 5.02 Å². The molecular formula is C29H36ClN5OS. The molecule has 0 amide bonds. The van der Waals surface area contributed by atoms with Gasteiger partial charge in [-0.3, -0.25) is 4.79 Å². The molecule has 1 aliphatic carbocycles. The highest BCUT2D eigenvalue weighted by Gasteiger charge is 2.24. The standard InChI is InChI=1S/C29H36ClN5OS/c1-3-24(36)17-19-4-7-22(8-5-19)31-28-27-26(12-15-37-27)33-29(34-28)32-23-9-6-21(25(30)18-23)16-20-10-13-35(2)14-11-20/h3,6,9,12,15,18-20,22H,1,4-5,7-8,10-11,13-14,16-17H2,2H3,(H2,31,32,33,34). The van der Waals surface area contributed by atoms with Gasteiger partial charge < -0.3 is 15.5 Å². The summed E-state index contributed by atoms with van der Waals surface area (Å²) in [5.74, 6) is 2.75. The summed E-state index contributed by atoms with van der Waals surface area (Å²) in [6.45, 7) is 5.93. The molecule has 0 radical (unpaired) electrons. The smallest absolute Gasteiger partial charge is 0.229 e. The number of allylic oxidation sites excluding steroid dienone is 1. The molecule has 0 bridgehead atoms. The van der Waals surface area contributed by atoms with E-state index in [9.17, 15) is 4.79 Å². The Labute approximate surface area is 228 Å². The van der Waals surface area contributed by atoms with Crippen molar-refractivity contribution >= 4 is 56.4 Å². The third-order valence-electron chi connectivity index (χ3n) is 7.86. The van der Waals surface area contributed by atoms with Crippen molar-refractivity contribution in [2.24, 2.45) is 11.8 Å². The summed E-state index contributed by atoms with van der Waals surface area (Å²) in [4.78, 5) is 23.7. The third-order valence-corrected chi connectivity index (χ3v) is 9.13. The Morgan fingerprint density at radius 1 is 1.14 bits per heavy atom. The van der Waals surface area contributed by atoms with Crippen LogP contribution >= 0.6 is 22.9 Å². The van der Waals surface area contributed by atoms with Crippen molar-refractivity contribution in [3.63, 3.8) is 0 Å². The number of nitrogens with one attached hydrogen (secondary N) is 2. The van der Waals surface area contributed by atoms with Gasteiger partial charge in [-0.1, -0.05) is 24.2 Å². The Morgan fingerprint density at radius 2 is 1.92 bits per heavy atom. The Hall–Kier alpha value is -2.48. The van der Waals surface area contributed by atoms with Crippen molar-refractivity contribution in [2.75, 3.05) is 30.8 Å². The van der Waals surface area contributed by atoms with E-state index in [0.717, 1.165) is 71.9 Å². The highest BCUT2D eigenvalue weighted by atomic mass is 35.5. The number of hydrogen-bond donors (Lipinski definition) is 2. The minimum atomic E-state index is 0.151. The summed E-state index contributed by atoms with van der Waals surface area (Å²) in [5, 5.41) is 9.91. The maximum atomic E-state index is 11.7. The number of thiophene rings is 1. The molecule has 2 N–H and O–H groups in total. The van der Waals surface area contributed by atoms with E-state index in [4.69, 9.17) is 21.6 Å². The molecule has 1 aromatic carbocycles. The molecule has 2 aliphatic rings. The molecule has 8 heteroatoms. The van der Waals surface area contributed by atoms with Gasteiger partial charge in [0, 0.05) is 23.2 Å². The fourth-order valence-corrected chi connectivity index (χ4v) is 6.63. The molecule has 2 fully saturated rings. The number of ketones is 1. The fourth-order valence-electron chi connectivity index (χ4n) is 5.59. The van der Waals surface area contributed by atoms with E-state index in [-0.39, 0.29) is 5.78 Å². The Kier molecular flexibility index (Phi) is 8.43. The number of anilines is 3. The molecule has 6 nitrogen and oxygen atoms in total. The van der Waals surface area contributed by atoms with Crippen LogP contribution in [0.25, 0.3) is 10.2 Å². The van der Waals surface area contributed by atoms with Crippen LogP contribution in [0, 0.1) is 11.8 Å². The van der Waals surface area contributed by atoms with Crippen molar-refractivity contribution in [1.82, 2.24) is 14.9 Å². The molecule has 0 atom stereocenters. The zero-order chi connectivity index (χ0) is 25.8. The second kappa shape index (κ2) is 11.9. The van der Waals surface area contributed by atoms with Crippen molar-refractivity contribution < 1.29 is 4.79 Å². The predicted molar refractivity (Wildman–Crippen MR) is 155 cm³/mol. The van der Waals surface area contributed by atoms with E-state index >= 15 is 0 Å². The predicted octanol–water partition coefficient (Wildman–Crippen LogP) is 7.09. The first-order valence-electron chi connectivity index (χ1n) is 13.4. The number of fused-ring (bicyclic) bond motifs is 1. The first kappa shape index (κ1) is 26.1. The summed E-state index contributed by atoms with van der Waals surface area (Å²) in [5.41, 5.74) is 3.04. The number of carbonyl (C=O) groups excluding carboxylic acids is 1. The molecule has 2 aromatic heterocycles. The van der Waals surface area contributed by atoms with Crippen molar-refractivity contribution in [2.45, 2.75) is 57.4 Å². The lowest BCUT2D eigenvalue weighted by atomic mass is 9.83. The molecule has 196 valence electrons. The van der Waals surface area contributed by atoms with Crippen LogP contribution in [0.1, 0.15) is 50.5 Å². The molecule has 0 spiro atoms. The quantitative estimate of drug-likeness (QED) is 0.284. The molecule has 5 rings (SSSR count). The first-order chi connectivity index (χ1) is 18.0. The largest absolute Gasteiger partial charge is 0.366 e. The summed E-state index contributed by atoms with van der Waals surface area (Å²) < 4.78 is 1.07. The molecular weight excluding hydrogens is 502 g/mol. The number of rotatable bonds is 9. The van der Waals surface area contributed by atoms with Gasteiger partial charge in [0.2, 0.25) is 5.95 Å². The number of nitrogens with zero attached hydrogens (tertiary/aromatic N) is 3.